The van der Waals surface area contributed by atoms with Gasteiger partial charge < -0.3 is 14.4 Å². The van der Waals surface area contributed by atoms with Crippen molar-refractivity contribution in [2.75, 3.05) is 26.5 Å². The highest BCUT2D eigenvalue weighted by Gasteiger charge is 2.33. The molecule has 0 N–H and O–H groups in total. The summed E-state index contributed by atoms with van der Waals surface area (Å²) in [6, 6.07) is 5.77. The summed E-state index contributed by atoms with van der Waals surface area (Å²) in [4.78, 5) is 14.2. The van der Waals surface area contributed by atoms with Gasteiger partial charge in [-0.3, -0.25) is 4.79 Å². The fraction of sp³-hybridized carbons (Fsp3) is 0.533. The predicted octanol–water partition coefficient (Wildman–Crippen LogP) is 2.93. The van der Waals surface area contributed by atoms with Gasteiger partial charge >= 0.3 is 0 Å². The second-order valence-electron chi connectivity index (χ2n) is 5.02. The summed E-state index contributed by atoms with van der Waals surface area (Å²) in [5.74, 6) is 2.69. The normalized spacial score (nSPS) is 18.4. The van der Waals surface area contributed by atoms with E-state index < -0.39 is 0 Å². The van der Waals surface area contributed by atoms with Crippen LogP contribution in [-0.2, 0) is 4.79 Å². The van der Waals surface area contributed by atoms with Crippen molar-refractivity contribution in [2.45, 2.75) is 19.2 Å². The summed E-state index contributed by atoms with van der Waals surface area (Å²) in [6.07, 6.45) is 0. The van der Waals surface area contributed by atoms with Crippen molar-refractivity contribution < 1.29 is 14.3 Å². The molecule has 1 amide bonds. The van der Waals surface area contributed by atoms with Gasteiger partial charge in [-0.1, -0.05) is 13.8 Å². The molecule has 2 rings (SSSR count). The van der Waals surface area contributed by atoms with Crippen LogP contribution in [0.2, 0.25) is 0 Å². The summed E-state index contributed by atoms with van der Waals surface area (Å²) in [5, 5.41) is 0.0331. The first-order chi connectivity index (χ1) is 9.58. The minimum absolute atomic E-state index is 0.0143. The summed E-state index contributed by atoms with van der Waals surface area (Å²) < 4.78 is 10.7. The van der Waals surface area contributed by atoms with E-state index in [2.05, 4.69) is 0 Å². The van der Waals surface area contributed by atoms with E-state index in [-0.39, 0.29) is 17.2 Å². The molecule has 0 radical (unpaired) electrons. The van der Waals surface area contributed by atoms with E-state index in [4.69, 9.17) is 9.47 Å². The molecule has 1 aromatic rings. The Morgan fingerprint density at radius 3 is 2.70 bits per heavy atom. The SMILES string of the molecule is COc1ccc([C@H]2SCCN2C(=O)C(C)C)c(OC)c1. The Hall–Kier alpha value is -1.36. The lowest BCUT2D eigenvalue weighted by Gasteiger charge is -2.27. The molecule has 1 aliphatic heterocycles. The molecule has 1 saturated heterocycles. The molecule has 0 bridgehead atoms. The van der Waals surface area contributed by atoms with E-state index in [9.17, 15) is 4.79 Å². The molecule has 1 heterocycles. The first-order valence-electron chi connectivity index (χ1n) is 6.72. The van der Waals surface area contributed by atoms with Crippen molar-refractivity contribution in [1.29, 1.82) is 0 Å². The van der Waals surface area contributed by atoms with Crippen molar-refractivity contribution in [3.05, 3.63) is 23.8 Å². The average molecular weight is 295 g/mol. The maximum Gasteiger partial charge on any atom is 0.226 e. The highest BCUT2D eigenvalue weighted by molar-refractivity contribution is 7.99. The number of amides is 1. The third-order valence-electron chi connectivity index (χ3n) is 3.37. The monoisotopic (exact) mass is 295 g/mol. The van der Waals surface area contributed by atoms with Gasteiger partial charge in [0.15, 0.2) is 0 Å². The number of carbonyl (C=O) groups excluding carboxylic acids is 1. The van der Waals surface area contributed by atoms with Crippen LogP contribution in [0, 0.1) is 5.92 Å². The Bertz CT molecular complexity index is 490. The molecular formula is C15H21NO3S. The standard InChI is InChI=1S/C15H21NO3S/c1-10(2)14(17)16-7-8-20-15(16)12-6-5-11(18-3)9-13(12)19-4/h5-6,9-10,15H,7-8H2,1-4H3/t15-/m1/s1. The molecule has 0 spiro atoms. The van der Waals surface area contributed by atoms with E-state index in [0.717, 1.165) is 29.4 Å². The highest BCUT2D eigenvalue weighted by Crippen LogP contribution is 2.43. The summed E-state index contributed by atoms with van der Waals surface area (Å²) in [5.41, 5.74) is 1.03. The lowest BCUT2D eigenvalue weighted by molar-refractivity contribution is -0.134. The van der Waals surface area contributed by atoms with Crippen molar-refractivity contribution in [1.82, 2.24) is 4.90 Å². The maximum absolute atomic E-state index is 12.3. The molecule has 1 aliphatic rings. The Kier molecular flexibility index (Phi) is 4.81. The first kappa shape index (κ1) is 15.0. The summed E-state index contributed by atoms with van der Waals surface area (Å²) in [6.45, 7) is 4.67. The Morgan fingerprint density at radius 2 is 2.10 bits per heavy atom. The molecule has 1 atom stereocenters. The van der Waals surface area contributed by atoms with Gasteiger partial charge in [-0.15, -0.1) is 11.8 Å². The van der Waals surface area contributed by atoms with Gasteiger partial charge in [0.2, 0.25) is 5.91 Å². The van der Waals surface area contributed by atoms with Crippen LogP contribution in [0.5, 0.6) is 11.5 Å². The van der Waals surface area contributed by atoms with E-state index in [1.807, 2.05) is 36.9 Å². The van der Waals surface area contributed by atoms with Crippen LogP contribution in [0.3, 0.4) is 0 Å². The smallest absolute Gasteiger partial charge is 0.226 e. The Balaban J connectivity index is 2.32. The number of rotatable bonds is 4. The summed E-state index contributed by atoms with van der Waals surface area (Å²) >= 11 is 1.78. The van der Waals surface area contributed by atoms with Crippen LogP contribution in [0.4, 0.5) is 0 Å². The van der Waals surface area contributed by atoms with Gasteiger partial charge in [-0.25, -0.2) is 0 Å². The molecule has 0 aliphatic carbocycles. The molecule has 20 heavy (non-hydrogen) atoms. The van der Waals surface area contributed by atoms with E-state index in [1.54, 1.807) is 26.0 Å². The van der Waals surface area contributed by atoms with Crippen molar-refractivity contribution in [3.8, 4) is 11.5 Å². The Morgan fingerprint density at radius 1 is 1.35 bits per heavy atom. The number of carbonyl (C=O) groups is 1. The van der Waals surface area contributed by atoms with Gasteiger partial charge in [0.1, 0.15) is 16.9 Å². The van der Waals surface area contributed by atoms with Crippen LogP contribution in [-0.4, -0.2) is 37.3 Å². The van der Waals surface area contributed by atoms with Crippen LogP contribution >= 0.6 is 11.8 Å². The van der Waals surface area contributed by atoms with Crippen LogP contribution in [0.15, 0.2) is 18.2 Å². The average Bonchev–Trinajstić information content (AvgIpc) is 2.94. The van der Waals surface area contributed by atoms with Crippen molar-refractivity contribution in [2.24, 2.45) is 5.92 Å². The predicted molar refractivity (Wildman–Crippen MR) is 81.3 cm³/mol. The van der Waals surface area contributed by atoms with E-state index >= 15 is 0 Å². The summed E-state index contributed by atoms with van der Waals surface area (Å²) in [7, 11) is 3.28. The zero-order chi connectivity index (χ0) is 14.7. The lowest BCUT2D eigenvalue weighted by Crippen LogP contribution is -2.33. The molecule has 0 saturated carbocycles. The van der Waals surface area contributed by atoms with E-state index in [1.165, 1.54) is 0 Å². The number of nitrogens with zero attached hydrogens (tertiary/aromatic N) is 1. The zero-order valence-corrected chi connectivity index (χ0v) is 13.2. The van der Waals surface area contributed by atoms with Gasteiger partial charge in [0.05, 0.1) is 14.2 Å². The minimum Gasteiger partial charge on any atom is -0.497 e. The minimum atomic E-state index is 0.0143. The number of hydrogen-bond acceptors (Lipinski definition) is 4. The Labute approximate surface area is 124 Å². The first-order valence-corrected chi connectivity index (χ1v) is 7.77. The van der Waals surface area contributed by atoms with Gasteiger partial charge in [-0.2, -0.15) is 0 Å². The molecule has 1 fully saturated rings. The number of methoxy groups -OCH3 is 2. The van der Waals surface area contributed by atoms with Crippen molar-refractivity contribution >= 4 is 17.7 Å². The number of hydrogen-bond donors (Lipinski definition) is 0. The van der Waals surface area contributed by atoms with E-state index in [0.29, 0.717) is 0 Å². The zero-order valence-electron chi connectivity index (χ0n) is 12.4. The number of ether oxygens (including phenoxy) is 2. The highest BCUT2D eigenvalue weighted by atomic mass is 32.2. The van der Waals surface area contributed by atoms with Gasteiger partial charge in [0.25, 0.3) is 0 Å². The lowest BCUT2D eigenvalue weighted by atomic mass is 10.1. The largest absolute Gasteiger partial charge is 0.497 e. The molecule has 1 aromatic carbocycles. The molecule has 0 unspecified atom stereocenters. The fourth-order valence-electron chi connectivity index (χ4n) is 2.31. The molecule has 5 heteroatoms. The van der Waals surface area contributed by atoms with Crippen LogP contribution in [0.25, 0.3) is 0 Å². The molecule has 110 valence electrons. The third-order valence-corrected chi connectivity index (χ3v) is 4.62. The topological polar surface area (TPSA) is 38.8 Å². The van der Waals surface area contributed by atoms with Crippen molar-refractivity contribution in [3.63, 3.8) is 0 Å². The molecule has 4 nitrogen and oxygen atoms in total. The fourth-order valence-corrected chi connectivity index (χ4v) is 3.60. The maximum atomic E-state index is 12.3. The quantitative estimate of drug-likeness (QED) is 0.856. The molecular weight excluding hydrogens is 274 g/mol. The van der Waals surface area contributed by atoms with Gasteiger partial charge in [0, 0.05) is 29.8 Å². The second-order valence-corrected chi connectivity index (χ2v) is 6.21. The third kappa shape index (κ3) is 2.87. The van der Waals surface area contributed by atoms with Crippen LogP contribution < -0.4 is 9.47 Å². The number of benzene rings is 1. The second kappa shape index (κ2) is 6.39. The molecule has 0 aromatic heterocycles. The number of thioether (sulfide) groups is 1. The van der Waals surface area contributed by atoms with Crippen LogP contribution in [0.1, 0.15) is 24.8 Å². The van der Waals surface area contributed by atoms with Gasteiger partial charge in [-0.05, 0) is 12.1 Å².